The number of amides is 2. The SMILES string of the molecule is C=C(c1ccc2c(c1)CCc1cc(C(=O)N(C)C)ccc1C2(C[C@H](C)NCC(=O)N1CCCC1C#N)c1n[nH]c(=O)[nH]1)N(C)C. The fourth-order valence-electron chi connectivity index (χ4n) is 6.82. The number of hydrogen-bond donors (Lipinski definition) is 3. The molecule has 0 bridgehead atoms. The molecule has 1 aliphatic heterocycles. The number of aromatic nitrogens is 3. The normalized spacial score (nSPS) is 19.6. The van der Waals surface area contributed by atoms with Gasteiger partial charge in [-0.15, -0.1) is 0 Å². The van der Waals surface area contributed by atoms with Crippen molar-refractivity contribution in [2.45, 2.75) is 56.5 Å². The molecule has 3 N–H and O–H groups in total. The lowest BCUT2D eigenvalue weighted by atomic mass is 9.67. The fourth-order valence-corrected chi connectivity index (χ4v) is 6.82. The summed E-state index contributed by atoms with van der Waals surface area (Å²) in [6.07, 6.45) is 3.36. The van der Waals surface area contributed by atoms with Crippen molar-refractivity contribution in [2.75, 3.05) is 41.3 Å². The lowest BCUT2D eigenvalue weighted by molar-refractivity contribution is -0.130. The molecule has 3 aromatic rings. The monoisotopic (exact) mass is 610 g/mol. The zero-order valence-corrected chi connectivity index (χ0v) is 26.7. The van der Waals surface area contributed by atoms with Crippen molar-refractivity contribution in [3.63, 3.8) is 0 Å². The first-order valence-corrected chi connectivity index (χ1v) is 15.4. The summed E-state index contributed by atoms with van der Waals surface area (Å²) in [4.78, 5) is 46.9. The summed E-state index contributed by atoms with van der Waals surface area (Å²) in [5.41, 5.74) is 5.15. The Balaban J connectivity index is 1.63. The van der Waals surface area contributed by atoms with Crippen molar-refractivity contribution in [3.8, 4) is 6.07 Å². The maximum Gasteiger partial charge on any atom is 0.340 e. The standard InChI is InChI=1S/C34H42N8O3/c1-21(36-20-30(43)42-15-7-8-27(42)19-35)18-34(32-37-33(45)39-38-32)28-13-11-23(22(2)40(3)4)16-24(28)9-10-25-17-26(12-14-29(25)34)31(44)41(5)6/h11-14,16-17,21,27,36H,2,7-10,15,18,20H2,1,3-6H3,(H2,37,38,39,45)/t21-,27?,34?/m0/s1. The molecule has 2 unspecified atom stereocenters. The highest BCUT2D eigenvalue weighted by molar-refractivity contribution is 5.94. The Morgan fingerprint density at radius 3 is 2.33 bits per heavy atom. The molecular formula is C34H42N8O3. The molecule has 11 heteroatoms. The number of carbonyl (C=O) groups is 2. The minimum Gasteiger partial charge on any atom is -0.378 e. The lowest BCUT2D eigenvalue weighted by Gasteiger charge is -2.37. The maximum absolute atomic E-state index is 13.1. The quantitative estimate of drug-likeness (QED) is 0.338. The van der Waals surface area contributed by atoms with Gasteiger partial charge in [0, 0.05) is 52.0 Å². The summed E-state index contributed by atoms with van der Waals surface area (Å²) in [6, 6.07) is 13.7. The summed E-state index contributed by atoms with van der Waals surface area (Å²) < 4.78 is 0. The molecule has 5 rings (SSSR count). The number of aromatic amines is 2. The van der Waals surface area contributed by atoms with E-state index in [1.54, 1.807) is 23.9 Å². The van der Waals surface area contributed by atoms with E-state index in [0.717, 1.165) is 39.9 Å². The van der Waals surface area contributed by atoms with E-state index in [0.29, 0.717) is 43.6 Å². The molecule has 1 aliphatic carbocycles. The van der Waals surface area contributed by atoms with E-state index < -0.39 is 11.1 Å². The van der Waals surface area contributed by atoms with Gasteiger partial charge in [0.05, 0.1) is 18.0 Å². The number of aryl methyl sites for hydroxylation is 2. The number of nitrogens with one attached hydrogen (secondary N) is 3. The molecule has 2 amide bonds. The predicted octanol–water partition coefficient (Wildman–Crippen LogP) is 2.65. The van der Waals surface area contributed by atoms with E-state index in [1.807, 2.05) is 50.2 Å². The Labute approximate surface area is 263 Å². The highest BCUT2D eigenvalue weighted by atomic mass is 16.2. The molecule has 1 saturated heterocycles. The molecule has 2 aromatic carbocycles. The van der Waals surface area contributed by atoms with Crippen LogP contribution in [0.3, 0.4) is 0 Å². The largest absolute Gasteiger partial charge is 0.378 e. The summed E-state index contributed by atoms with van der Waals surface area (Å²) >= 11 is 0. The predicted molar refractivity (Wildman–Crippen MR) is 173 cm³/mol. The van der Waals surface area contributed by atoms with E-state index >= 15 is 0 Å². The average molecular weight is 611 g/mol. The Morgan fingerprint density at radius 1 is 1.11 bits per heavy atom. The van der Waals surface area contributed by atoms with Crippen LogP contribution in [0, 0.1) is 11.3 Å². The molecular weight excluding hydrogens is 568 g/mol. The number of likely N-dealkylation sites (tertiary alicyclic amines) is 1. The fraction of sp³-hybridized carbons (Fsp3) is 0.441. The van der Waals surface area contributed by atoms with Crippen LogP contribution in [0.2, 0.25) is 0 Å². The number of rotatable bonds is 9. The van der Waals surface area contributed by atoms with Crippen molar-refractivity contribution in [1.29, 1.82) is 5.26 Å². The minimum atomic E-state index is -0.920. The van der Waals surface area contributed by atoms with E-state index in [-0.39, 0.29) is 30.4 Å². The van der Waals surface area contributed by atoms with Crippen LogP contribution in [0.1, 0.15) is 70.2 Å². The van der Waals surface area contributed by atoms with Gasteiger partial charge in [0.1, 0.15) is 11.9 Å². The second kappa shape index (κ2) is 12.7. The van der Waals surface area contributed by atoms with Crippen LogP contribution in [0.15, 0.2) is 47.8 Å². The molecule has 45 heavy (non-hydrogen) atoms. The van der Waals surface area contributed by atoms with Crippen LogP contribution in [-0.4, -0.2) is 95.1 Å². The number of benzene rings is 2. The van der Waals surface area contributed by atoms with E-state index in [4.69, 9.17) is 0 Å². The van der Waals surface area contributed by atoms with Gasteiger partial charge in [0.2, 0.25) is 5.91 Å². The van der Waals surface area contributed by atoms with Crippen LogP contribution in [-0.2, 0) is 23.1 Å². The Bertz CT molecular complexity index is 1640. The maximum atomic E-state index is 13.1. The average Bonchev–Trinajstić information content (AvgIpc) is 3.67. The number of nitrogens with zero attached hydrogens (tertiary/aromatic N) is 5. The van der Waals surface area contributed by atoms with Gasteiger partial charge in [-0.2, -0.15) is 10.4 Å². The first-order chi connectivity index (χ1) is 21.5. The molecule has 236 valence electrons. The third-order valence-electron chi connectivity index (χ3n) is 9.16. The van der Waals surface area contributed by atoms with Gasteiger partial charge in [-0.25, -0.2) is 9.89 Å². The first kappa shape index (κ1) is 31.7. The van der Waals surface area contributed by atoms with E-state index in [2.05, 4.69) is 45.3 Å². The van der Waals surface area contributed by atoms with Crippen molar-refractivity contribution in [3.05, 3.63) is 92.7 Å². The number of carbonyl (C=O) groups excluding carboxylic acids is 2. The third-order valence-corrected chi connectivity index (χ3v) is 9.16. The van der Waals surface area contributed by atoms with Gasteiger partial charge in [-0.3, -0.25) is 14.6 Å². The second-order valence-corrected chi connectivity index (χ2v) is 12.6. The van der Waals surface area contributed by atoms with Crippen LogP contribution in [0.4, 0.5) is 0 Å². The van der Waals surface area contributed by atoms with Gasteiger partial charge >= 0.3 is 5.69 Å². The van der Waals surface area contributed by atoms with Crippen LogP contribution in [0.25, 0.3) is 5.70 Å². The van der Waals surface area contributed by atoms with Crippen LogP contribution in [0.5, 0.6) is 0 Å². The Hall–Kier alpha value is -4.69. The van der Waals surface area contributed by atoms with Crippen molar-refractivity contribution in [1.82, 2.24) is 35.2 Å². The summed E-state index contributed by atoms with van der Waals surface area (Å²) in [7, 11) is 7.39. The van der Waals surface area contributed by atoms with E-state index in [1.165, 1.54) is 0 Å². The Morgan fingerprint density at radius 2 is 1.76 bits per heavy atom. The lowest BCUT2D eigenvalue weighted by Crippen LogP contribution is -2.45. The molecule has 2 heterocycles. The Kier molecular flexibility index (Phi) is 8.98. The highest BCUT2D eigenvalue weighted by Crippen LogP contribution is 2.47. The number of hydrogen-bond acceptors (Lipinski definition) is 7. The van der Waals surface area contributed by atoms with Gasteiger partial charge in [-0.1, -0.05) is 24.8 Å². The molecule has 1 aromatic heterocycles. The topological polar surface area (TPSA) is 141 Å². The van der Waals surface area contributed by atoms with E-state index in [9.17, 15) is 19.6 Å². The smallest absolute Gasteiger partial charge is 0.340 e. The first-order valence-electron chi connectivity index (χ1n) is 15.4. The van der Waals surface area contributed by atoms with Gasteiger partial charge in [0.15, 0.2) is 0 Å². The highest BCUT2D eigenvalue weighted by Gasteiger charge is 2.45. The molecule has 2 aliphatic rings. The van der Waals surface area contributed by atoms with Crippen LogP contribution >= 0.6 is 0 Å². The second-order valence-electron chi connectivity index (χ2n) is 12.6. The molecule has 0 radical (unpaired) electrons. The van der Waals surface area contributed by atoms with Crippen LogP contribution < -0.4 is 11.0 Å². The summed E-state index contributed by atoms with van der Waals surface area (Å²) in [6.45, 7) is 6.96. The number of H-pyrrole nitrogens is 2. The van der Waals surface area contributed by atoms with Gasteiger partial charge < -0.3 is 20.0 Å². The van der Waals surface area contributed by atoms with Gasteiger partial charge in [-0.05, 0) is 85.0 Å². The molecule has 0 spiro atoms. The van der Waals surface area contributed by atoms with Gasteiger partial charge in [0.25, 0.3) is 5.91 Å². The minimum absolute atomic E-state index is 0.0874. The third kappa shape index (κ3) is 6.02. The molecule has 0 saturated carbocycles. The molecule has 3 atom stereocenters. The van der Waals surface area contributed by atoms with Crippen molar-refractivity contribution >= 4 is 17.5 Å². The summed E-state index contributed by atoms with van der Waals surface area (Å²) in [5, 5.41) is 20.0. The van der Waals surface area contributed by atoms with Crippen molar-refractivity contribution < 1.29 is 9.59 Å². The zero-order chi connectivity index (χ0) is 32.5. The number of nitriles is 1. The molecule has 1 fully saturated rings. The molecule has 11 nitrogen and oxygen atoms in total. The van der Waals surface area contributed by atoms with Crippen molar-refractivity contribution in [2.24, 2.45) is 0 Å². The zero-order valence-electron chi connectivity index (χ0n) is 26.7. The summed E-state index contributed by atoms with van der Waals surface area (Å²) in [5.74, 6) is 0.273. The number of fused-ring (bicyclic) bond motifs is 2.